The Balaban J connectivity index is 1.70. The Morgan fingerprint density at radius 3 is 2.32 bits per heavy atom. The molecule has 2 aromatic carbocycles. The zero-order valence-corrected chi connectivity index (χ0v) is 15.8. The van der Waals surface area contributed by atoms with Crippen molar-refractivity contribution in [2.75, 3.05) is 12.4 Å². The maximum atomic E-state index is 12.4. The van der Waals surface area contributed by atoms with Crippen molar-refractivity contribution in [3.8, 4) is 5.75 Å². The van der Waals surface area contributed by atoms with Crippen molar-refractivity contribution < 1.29 is 14.5 Å². The molecule has 1 aromatic heterocycles. The molecule has 0 aliphatic heterocycles. The lowest BCUT2D eigenvalue weighted by Gasteiger charge is -2.08. The average Bonchev–Trinajstić information content (AvgIpc) is 2.96. The van der Waals surface area contributed by atoms with Gasteiger partial charge in [-0.05, 0) is 55.8 Å². The van der Waals surface area contributed by atoms with E-state index < -0.39 is 4.92 Å². The number of carbonyl (C=O) groups is 1. The number of benzene rings is 2. The number of aromatic nitrogens is 2. The van der Waals surface area contributed by atoms with Crippen molar-refractivity contribution in [1.82, 2.24) is 9.78 Å². The fourth-order valence-electron chi connectivity index (χ4n) is 2.92. The fourth-order valence-corrected chi connectivity index (χ4v) is 2.92. The molecule has 144 valence electrons. The Labute approximate surface area is 161 Å². The van der Waals surface area contributed by atoms with Gasteiger partial charge in [0.05, 0.1) is 18.6 Å². The van der Waals surface area contributed by atoms with E-state index in [9.17, 15) is 14.9 Å². The summed E-state index contributed by atoms with van der Waals surface area (Å²) in [4.78, 5) is 23.1. The summed E-state index contributed by atoms with van der Waals surface area (Å²) < 4.78 is 6.69. The lowest BCUT2D eigenvalue weighted by Crippen LogP contribution is -2.12. The Kier molecular flexibility index (Phi) is 5.39. The summed E-state index contributed by atoms with van der Waals surface area (Å²) >= 11 is 0. The summed E-state index contributed by atoms with van der Waals surface area (Å²) in [6, 6.07) is 14.1. The van der Waals surface area contributed by atoms with Gasteiger partial charge in [0.2, 0.25) is 0 Å². The zero-order valence-electron chi connectivity index (χ0n) is 15.8. The molecular formula is C20H20N4O4. The van der Waals surface area contributed by atoms with E-state index in [1.807, 2.05) is 12.1 Å². The topological polar surface area (TPSA) is 99.3 Å². The molecular weight excluding hydrogens is 360 g/mol. The Morgan fingerprint density at radius 1 is 1.14 bits per heavy atom. The fraction of sp³-hybridized carbons (Fsp3) is 0.200. The molecule has 0 aliphatic rings. The summed E-state index contributed by atoms with van der Waals surface area (Å²) in [7, 11) is 1.58. The molecule has 0 bridgehead atoms. The number of nitrogens with zero attached hydrogens (tertiary/aromatic N) is 3. The summed E-state index contributed by atoms with van der Waals surface area (Å²) in [5.74, 6) is 0.491. The van der Waals surface area contributed by atoms with E-state index >= 15 is 0 Å². The van der Waals surface area contributed by atoms with Crippen LogP contribution >= 0.6 is 0 Å². The van der Waals surface area contributed by atoms with E-state index in [0.717, 1.165) is 5.56 Å². The molecule has 8 heteroatoms. The summed E-state index contributed by atoms with van der Waals surface area (Å²) in [5.41, 5.74) is 3.00. The van der Waals surface area contributed by atoms with E-state index in [1.54, 1.807) is 62.0 Å². The van der Waals surface area contributed by atoms with Crippen LogP contribution in [-0.2, 0) is 6.54 Å². The Morgan fingerprint density at radius 2 is 1.79 bits per heavy atom. The van der Waals surface area contributed by atoms with E-state index in [1.165, 1.54) is 0 Å². The molecule has 0 saturated heterocycles. The van der Waals surface area contributed by atoms with E-state index in [-0.39, 0.29) is 11.6 Å². The van der Waals surface area contributed by atoms with Crippen LogP contribution in [0.4, 0.5) is 11.4 Å². The van der Waals surface area contributed by atoms with Gasteiger partial charge in [-0.25, -0.2) is 0 Å². The second kappa shape index (κ2) is 7.91. The zero-order chi connectivity index (χ0) is 20.3. The lowest BCUT2D eigenvalue weighted by atomic mass is 10.1. The van der Waals surface area contributed by atoms with Crippen molar-refractivity contribution in [3.63, 3.8) is 0 Å². The Bertz CT molecular complexity index is 1010. The van der Waals surface area contributed by atoms with Crippen LogP contribution < -0.4 is 10.1 Å². The second-order valence-corrected chi connectivity index (χ2v) is 6.31. The van der Waals surface area contributed by atoms with Crippen molar-refractivity contribution in [1.29, 1.82) is 0 Å². The molecule has 1 N–H and O–H groups in total. The minimum atomic E-state index is -0.416. The molecule has 1 amide bonds. The van der Waals surface area contributed by atoms with Gasteiger partial charge in [0.25, 0.3) is 5.91 Å². The first kappa shape index (κ1) is 19.1. The molecule has 0 saturated carbocycles. The largest absolute Gasteiger partial charge is 0.497 e. The van der Waals surface area contributed by atoms with Gasteiger partial charge in [-0.1, -0.05) is 12.1 Å². The van der Waals surface area contributed by atoms with Gasteiger partial charge < -0.3 is 10.1 Å². The highest BCUT2D eigenvalue weighted by molar-refractivity contribution is 6.04. The molecule has 0 aliphatic carbocycles. The summed E-state index contributed by atoms with van der Waals surface area (Å²) in [6.45, 7) is 3.68. The van der Waals surface area contributed by atoms with Gasteiger partial charge in [0.15, 0.2) is 0 Å². The predicted molar refractivity (Wildman–Crippen MR) is 105 cm³/mol. The van der Waals surface area contributed by atoms with Crippen LogP contribution in [0.25, 0.3) is 0 Å². The third-order valence-electron chi connectivity index (χ3n) is 4.42. The molecule has 8 nitrogen and oxygen atoms in total. The van der Waals surface area contributed by atoms with Gasteiger partial charge in [-0.15, -0.1) is 0 Å². The van der Waals surface area contributed by atoms with E-state index in [0.29, 0.717) is 34.9 Å². The number of hydrogen-bond acceptors (Lipinski definition) is 5. The number of anilines is 1. The third kappa shape index (κ3) is 4.01. The van der Waals surface area contributed by atoms with E-state index in [2.05, 4.69) is 10.4 Å². The molecule has 0 fully saturated rings. The first-order valence-corrected chi connectivity index (χ1v) is 8.61. The van der Waals surface area contributed by atoms with Crippen molar-refractivity contribution in [3.05, 3.63) is 81.2 Å². The Hall–Kier alpha value is -3.68. The number of amides is 1. The molecule has 3 aromatic rings. The molecule has 1 heterocycles. The van der Waals surface area contributed by atoms with Crippen molar-refractivity contribution in [2.24, 2.45) is 0 Å². The van der Waals surface area contributed by atoms with Crippen LogP contribution in [0.15, 0.2) is 48.5 Å². The first-order chi connectivity index (χ1) is 13.4. The molecule has 28 heavy (non-hydrogen) atoms. The number of rotatable bonds is 6. The first-order valence-electron chi connectivity index (χ1n) is 8.61. The maximum absolute atomic E-state index is 12.4. The number of hydrogen-bond donors (Lipinski definition) is 1. The highest BCUT2D eigenvalue weighted by Crippen LogP contribution is 2.22. The lowest BCUT2D eigenvalue weighted by molar-refractivity contribution is -0.386. The number of nitro groups is 1. The van der Waals surface area contributed by atoms with Crippen molar-refractivity contribution in [2.45, 2.75) is 20.4 Å². The van der Waals surface area contributed by atoms with Crippen LogP contribution in [0, 0.1) is 24.0 Å². The normalized spacial score (nSPS) is 10.5. The predicted octanol–water partition coefficient (Wildman–Crippen LogP) is 3.72. The summed E-state index contributed by atoms with van der Waals surface area (Å²) in [5, 5.41) is 18.2. The quantitative estimate of drug-likeness (QED) is 0.519. The number of methoxy groups -OCH3 is 1. The van der Waals surface area contributed by atoms with Crippen LogP contribution in [-0.4, -0.2) is 27.7 Å². The standard InChI is InChI=1S/C20H20N4O4/c1-13-19(24(26)27)14(2)23(22-13)12-15-4-6-16(7-5-15)20(25)21-17-8-10-18(28-3)11-9-17/h4-11H,12H2,1-3H3,(H,21,25). The molecule has 0 radical (unpaired) electrons. The molecule has 0 spiro atoms. The highest BCUT2D eigenvalue weighted by atomic mass is 16.6. The van der Waals surface area contributed by atoms with Gasteiger partial charge in [-0.2, -0.15) is 5.10 Å². The highest BCUT2D eigenvalue weighted by Gasteiger charge is 2.21. The van der Waals surface area contributed by atoms with E-state index in [4.69, 9.17) is 4.74 Å². The minimum absolute atomic E-state index is 0.0375. The van der Waals surface area contributed by atoms with Gasteiger partial charge >= 0.3 is 5.69 Å². The molecule has 3 rings (SSSR count). The number of nitrogens with one attached hydrogen (secondary N) is 1. The van der Waals surface area contributed by atoms with Crippen LogP contribution in [0.5, 0.6) is 5.75 Å². The number of aryl methyl sites for hydroxylation is 1. The second-order valence-electron chi connectivity index (χ2n) is 6.31. The van der Waals surface area contributed by atoms with Crippen LogP contribution in [0.2, 0.25) is 0 Å². The van der Waals surface area contributed by atoms with Crippen LogP contribution in [0.1, 0.15) is 27.3 Å². The van der Waals surface area contributed by atoms with Crippen molar-refractivity contribution >= 4 is 17.3 Å². The average molecular weight is 380 g/mol. The third-order valence-corrected chi connectivity index (χ3v) is 4.42. The van der Waals surface area contributed by atoms with Gasteiger partial charge in [0.1, 0.15) is 17.1 Å². The number of carbonyl (C=O) groups excluding carboxylic acids is 1. The monoisotopic (exact) mass is 380 g/mol. The van der Waals surface area contributed by atoms with Gasteiger partial charge in [-0.3, -0.25) is 19.6 Å². The van der Waals surface area contributed by atoms with Crippen LogP contribution in [0.3, 0.4) is 0 Å². The maximum Gasteiger partial charge on any atom is 0.312 e. The summed E-state index contributed by atoms with van der Waals surface area (Å²) in [6.07, 6.45) is 0. The van der Waals surface area contributed by atoms with Gasteiger partial charge in [0, 0.05) is 11.3 Å². The number of ether oxygens (including phenoxy) is 1. The smallest absolute Gasteiger partial charge is 0.312 e. The molecule has 0 unspecified atom stereocenters. The minimum Gasteiger partial charge on any atom is -0.497 e. The SMILES string of the molecule is COc1ccc(NC(=O)c2ccc(Cn3nc(C)c([N+](=O)[O-])c3C)cc2)cc1. The molecule has 0 atom stereocenters.